The maximum atomic E-state index is 12.5. The van der Waals surface area contributed by atoms with Crippen LogP contribution in [-0.4, -0.2) is 23.6 Å². The third-order valence-electron chi connectivity index (χ3n) is 3.95. The number of amides is 1. The number of rotatable bonds is 3. The summed E-state index contributed by atoms with van der Waals surface area (Å²) >= 11 is 7.35. The average Bonchev–Trinajstić information content (AvgIpc) is 3.02. The van der Waals surface area contributed by atoms with Gasteiger partial charge >= 0.3 is 0 Å². The minimum atomic E-state index is -0.715. The number of fused-ring (bicyclic) bond motifs is 1. The Labute approximate surface area is 159 Å². The Hall–Kier alpha value is -2.57. The molecule has 0 spiro atoms. The van der Waals surface area contributed by atoms with Gasteiger partial charge in [0.1, 0.15) is 6.61 Å². The molecule has 7 heteroatoms. The number of halogens is 1. The Kier molecular flexibility index (Phi) is 4.53. The van der Waals surface area contributed by atoms with Crippen LogP contribution >= 0.6 is 22.9 Å². The van der Waals surface area contributed by atoms with Crippen molar-refractivity contribution in [3.05, 3.63) is 58.4 Å². The minimum Gasteiger partial charge on any atom is -0.485 e. The number of hydrogen-bond acceptors (Lipinski definition) is 5. The average molecular weight is 387 g/mol. The topological polar surface area (TPSA) is 60.5 Å². The van der Waals surface area contributed by atoms with E-state index in [2.05, 4.69) is 10.3 Å². The molecule has 1 atom stereocenters. The molecule has 0 bridgehead atoms. The van der Waals surface area contributed by atoms with Crippen LogP contribution in [0.1, 0.15) is 4.88 Å². The van der Waals surface area contributed by atoms with E-state index in [1.165, 1.54) is 11.3 Å². The van der Waals surface area contributed by atoms with Crippen molar-refractivity contribution in [2.24, 2.45) is 0 Å². The number of carbonyl (C=O) groups excluding carboxylic acids is 1. The number of anilines is 1. The smallest absolute Gasteiger partial charge is 0.270 e. The highest BCUT2D eigenvalue weighted by Crippen LogP contribution is 2.33. The molecule has 0 aliphatic carbocycles. The van der Waals surface area contributed by atoms with E-state index < -0.39 is 6.10 Å². The van der Waals surface area contributed by atoms with E-state index in [0.29, 0.717) is 21.7 Å². The molecule has 1 N–H and O–H groups in total. The Balaban J connectivity index is 1.49. The Bertz CT molecular complexity index is 956. The quantitative estimate of drug-likeness (QED) is 0.717. The number of benzene rings is 2. The lowest BCUT2D eigenvalue weighted by molar-refractivity contribution is -0.125. The molecular weight excluding hydrogens is 372 g/mol. The van der Waals surface area contributed by atoms with Gasteiger partial charge < -0.3 is 9.47 Å². The largest absolute Gasteiger partial charge is 0.485 e. The molecule has 3 aromatic rings. The highest BCUT2D eigenvalue weighted by atomic mass is 35.5. The van der Waals surface area contributed by atoms with Crippen LogP contribution in [0.4, 0.5) is 5.13 Å². The van der Waals surface area contributed by atoms with Gasteiger partial charge in [0.15, 0.2) is 16.6 Å². The first kappa shape index (κ1) is 16.9. The van der Waals surface area contributed by atoms with Crippen LogP contribution in [0.5, 0.6) is 11.5 Å². The van der Waals surface area contributed by atoms with Crippen molar-refractivity contribution in [2.75, 3.05) is 11.9 Å². The molecule has 1 aromatic heterocycles. The van der Waals surface area contributed by atoms with Gasteiger partial charge in [0, 0.05) is 15.5 Å². The summed E-state index contributed by atoms with van der Waals surface area (Å²) in [7, 11) is 0. The lowest BCUT2D eigenvalue weighted by Crippen LogP contribution is -2.40. The molecular formula is C19H15ClN2O3S. The van der Waals surface area contributed by atoms with Gasteiger partial charge in [0.05, 0.1) is 5.69 Å². The normalized spacial score (nSPS) is 15.5. The number of nitrogens with one attached hydrogen (secondary N) is 1. The molecule has 2 heterocycles. The van der Waals surface area contributed by atoms with Gasteiger partial charge in [-0.3, -0.25) is 10.1 Å². The van der Waals surface area contributed by atoms with E-state index in [-0.39, 0.29) is 12.5 Å². The number of ether oxygens (including phenoxy) is 2. The summed E-state index contributed by atoms with van der Waals surface area (Å²) in [5.41, 5.74) is 1.78. The summed E-state index contributed by atoms with van der Waals surface area (Å²) in [6, 6.07) is 14.7. The second-order valence-electron chi connectivity index (χ2n) is 5.78. The maximum absolute atomic E-state index is 12.5. The second-order valence-corrected chi connectivity index (χ2v) is 7.42. The second kappa shape index (κ2) is 6.97. The minimum absolute atomic E-state index is 0.164. The van der Waals surface area contributed by atoms with Crippen molar-refractivity contribution in [3.8, 4) is 22.8 Å². The Morgan fingerprint density at radius 1 is 1.19 bits per heavy atom. The van der Waals surface area contributed by atoms with Crippen LogP contribution in [-0.2, 0) is 4.79 Å². The first-order chi connectivity index (χ1) is 12.6. The number of carbonyl (C=O) groups is 1. The van der Waals surface area contributed by atoms with Crippen LogP contribution in [0.2, 0.25) is 5.02 Å². The summed E-state index contributed by atoms with van der Waals surface area (Å²) in [6.45, 7) is 2.13. The van der Waals surface area contributed by atoms with Crippen molar-refractivity contribution < 1.29 is 14.3 Å². The van der Waals surface area contributed by atoms with E-state index in [1.807, 2.05) is 49.4 Å². The molecule has 0 radical (unpaired) electrons. The molecule has 0 unspecified atom stereocenters. The summed E-state index contributed by atoms with van der Waals surface area (Å²) in [6.07, 6.45) is -0.715. The summed E-state index contributed by atoms with van der Waals surface area (Å²) in [5.74, 6) is 0.929. The van der Waals surface area contributed by atoms with Gasteiger partial charge in [-0.1, -0.05) is 35.9 Å². The van der Waals surface area contributed by atoms with E-state index >= 15 is 0 Å². The van der Waals surface area contributed by atoms with Crippen molar-refractivity contribution in [1.29, 1.82) is 0 Å². The number of hydrogen-bond donors (Lipinski definition) is 1. The van der Waals surface area contributed by atoms with Crippen LogP contribution in [0.15, 0.2) is 48.5 Å². The van der Waals surface area contributed by atoms with E-state index in [9.17, 15) is 4.79 Å². The third-order valence-corrected chi connectivity index (χ3v) is 5.08. The van der Waals surface area contributed by atoms with Crippen molar-refractivity contribution in [3.63, 3.8) is 0 Å². The molecule has 132 valence electrons. The molecule has 5 nitrogen and oxygen atoms in total. The molecule has 1 amide bonds. The van der Waals surface area contributed by atoms with Gasteiger partial charge in [-0.2, -0.15) is 0 Å². The number of aromatic nitrogens is 1. The summed E-state index contributed by atoms with van der Waals surface area (Å²) < 4.78 is 11.3. The molecule has 1 aliphatic heterocycles. The van der Waals surface area contributed by atoms with Crippen molar-refractivity contribution in [1.82, 2.24) is 4.98 Å². The van der Waals surface area contributed by atoms with Gasteiger partial charge in [0.2, 0.25) is 6.10 Å². The fourth-order valence-corrected chi connectivity index (χ4v) is 3.62. The number of aryl methyl sites for hydroxylation is 1. The standard InChI is InChI=1S/C19H15ClN2O3S/c1-11-17(12-6-8-13(20)9-7-12)21-19(26-11)22-18(23)16-10-24-14-4-2-3-5-15(14)25-16/h2-9,16H,10H2,1H3,(H,21,22,23)/t16-/m1/s1. The highest BCUT2D eigenvalue weighted by Gasteiger charge is 2.28. The zero-order valence-electron chi connectivity index (χ0n) is 13.9. The zero-order chi connectivity index (χ0) is 18.1. The third kappa shape index (κ3) is 3.38. The van der Waals surface area contributed by atoms with Gasteiger partial charge in [0.25, 0.3) is 5.91 Å². The molecule has 0 saturated heterocycles. The van der Waals surface area contributed by atoms with Crippen LogP contribution in [0, 0.1) is 6.92 Å². The van der Waals surface area contributed by atoms with Crippen molar-refractivity contribution >= 4 is 34.0 Å². The zero-order valence-corrected chi connectivity index (χ0v) is 15.4. The fourth-order valence-electron chi connectivity index (χ4n) is 2.66. The monoisotopic (exact) mass is 386 g/mol. The number of para-hydroxylation sites is 2. The van der Waals surface area contributed by atoms with E-state index in [1.54, 1.807) is 6.07 Å². The fraction of sp³-hybridized carbons (Fsp3) is 0.158. The number of nitrogens with zero attached hydrogens (tertiary/aromatic N) is 1. The van der Waals surface area contributed by atoms with E-state index in [0.717, 1.165) is 16.1 Å². The lowest BCUT2D eigenvalue weighted by Gasteiger charge is -2.25. The van der Waals surface area contributed by atoms with Crippen LogP contribution in [0.3, 0.4) is 0 Å². The predicted octanol–water partition coefficient (Wildman–Crippen LogP) is 4.55. The van der Waals surface area contributed by atoms with Crippen molar-refractivity contribution in [2.45, 2.75) is 13.0 Å². The predicted molar refractivity (Wildman–Crippen MR) is 102 cm³/mol. The van der Waals surface area contributed by atoms with Gasteiger partial charge in [-0.05, 0) is 31.2 Å². The van der Waals surface area contributed by atoms with Gasteiger partial charge in [-0.25, -0.2) is 4.98 Å². The first-order valence-electron chi connectivity index (χ1n) is 8.03. The molecule has 1 aliphatic rings. The summed E-state index contributed by atoms with van der Waals surface area (Å²) in [5, 5.41) is 4.02. The van der Waals surface area contributed by atoms with Gasteiger partial charge in [-0.15, -0.1) is 11.3 Å². The van der Waals surface area contributed by atoms with Crippen LogP contribution < -0.4 is 14.8 Å². The molecule has 2 aromatic carbocycles. The Morgan fingerprint density at radius 2 is 1.92 bits per heavy atom. The Morgan fingerprint density at radius 3 is 2.69 bits per heavy atom. The number of thiazole rings is 1. The summed E-state index contributed by atoms with van der Waals surface area (Å²) in [4.78, 5) is 18.1. The van der Waals surface area contributed by atoms with E-state index in [4.69, 9.17) is 21.1 Å². The van der Waals surface area contributed by atoms with Crippen LogP contribution in [0.25, 0.3) is 11.3 Å². The molecule has 4 rings (SSSR count). The highest BCUT2D eigenvalue weighted by molar-refractivity contribution is 7.16. The molecule has 0 fully saturated rings. The SMILES string of the molecule is Cc1sc(NC(=O)[C@H]2COc3ccccc3O2)nc1-c1ccc(Cl)cc1. The maximum Gasteiger partial charge on any atom is 0.270 e. The first-order valence-corrected chi connectivity index (χ1v) is 9.22. The molecule has 0 saturated carbocycles. The molecule has 26 heavy (non-hydrogen) atoms. The lowest BCUT2D eigenvalue weighted by atomic mass is 10.1.